The van der Waals surface area contributed by atoms with E-state index in [9.17, 15) is 14.4 Å². The van der Waals surface area contributed by atoms with Crippen LogP contribution < -0.4 is 10.1 Å². The van der Waals surface area contributed by atoms with Crippen molar-refractivity contribution >= 4 is 35.2 Å². The zero-order chi connectivity index (χ0) is 18.1. The minimum absolute atomic E-state index is 0.412. The number of carbonyl (C=O) groups excluding carboxylic acids is 3. The monoisotopic (exact) mass is 359 g/mol. The van der Waals surface area contributed by atoms with Gasteiger partial charge in [-0.3, -0.25) is 14.9 Å². The molecule has 2 rings (SSSR count). The summed E-state index contributed by atoms with van der Waals surface area (Å²) >= 11 is 1.21. The second kappa shape index (κ2) is 9.39. The number of ether oxygens (including phenoxy) is 2. The van der Waals surface area contributed by atoms with Gasteiger partial charge < -0.3 is 9.47 Å². The van der Waals surface area contributed by atoms with Crippen LogP contribution in [0.15, 0.2) is 47.9 Å². The van der Waals surface area contributed by atoms with Gasteiger partial charge in [-0.25, -0.2) is 4.79 Å². The van der Waals surface area contributed by atoms with Crippen LogP contribution in [0.25, 0.3) is 6.08 Å². The predicted octanol–water partition coefficient (Wildman–Crippen LogP) is 2.66. The molecule has 2 amide bonds. The molecular weight excluding hydrogens is 342 g/mol. The Kier molecular flexibility index (Phi) is 6.91. The smallest absolute Gasteiger partial charge is 0.331 e. The van der Waals surface area contributed by atoms with E-state index in [4.69, 9.17) is 9.47 Å². The summed E-state index contributed by atoms with van der Waals surface area (Å²) in [6.07, 6.45) is 2.77. The largest absolute Gasteiger partial charge is 0.494 e. The summed E-state index contributed by atoms with van der Waals surface area (Å²) in [6.45, 7) is 1.95. The lowest BCUT2D eigenvalue weighted by Gasteiger charge is -2.03. The Hall–Kier alpha value is -2.93. The molecule has 6 nitrogen and oxygen atoms in total. The van der Waals surface area contributed by atoms with Gasteiger partial charge in [0.05, 0.1) is 11.5 Å². The third-order valence-electron chi connectivity index (χ3n) is 2.95. The van der Waals surface area contributed by atoms with Crippen molar-refractivity contribution in [1.82, 2.24) is 5.32 Å². The van der Waals surface area contributed by atoms with Gasteiger partial charge in [0.15, 0.2) is 6.61 Å². The van der Waals surface area contributed by atoms with Crippen LogP contribution in [0.2, 0.25) is 0 Å². The van der Waals surface area contributed by atoms with Crippen molar-refractivity contribution in [1.29, 1.82) is 0 Å². The van der Waals surface area contributed by atoms with Crippen molar-refractivity contribution < 1.29 is 23.9 Å². The Balaban J connectivity index is 1.75. The summed E-state index contributed by atoms with van der Waals surface area (Å²) in [5.74, 6) is -1.12. The van der Waals surface area contributed by atoms with Gasteiger partial charge in [0.1, 0.15) is 5.75 Å². The maximum absolute atomic E-state index is 11.7. The molecule has 0 atom stereocenters. The number of imide groups is 1. The molecule has 25 heavy (non-hydrogen) atoms. The quantitative estimate of drug-likeness (QED) is 0.607. The molecule has 0 bridgehead atoms. The van der Waals surface area contributed by atoms with E-state index in [0.717, 1.165) is 11.3 Å². The van der Waals surface area contributed by atoms with Gasteiger partial charge in [0, 0.05) is 6.08 Å². The fourth-order valence-corrected chi connectivity index (χ4v) is 2.44. The van der Waals surface area contributed by atoms with E-state index in [1.54, 1.807) is 47.9 Å². The second-order valence-corrected chi connectivity index (χ2v) is 5.75. The van der Waals surface area contributed by atoms with Crippen molar-refractivity contribution in [3.8, 4) is 5.75 Å². The molecular formula is C18H17NO5S. The highest BCUT2D eigenvalue weighted by Gasteiger charge is 2.12. The van der Waals surface area contributed by atoms with Crippen LogP contribution in [0.3, 0.4) is 0 Å². The zero-order valence-electron chi connectivity index (χ0n) is 13.6. The zero-order valence-corrected chi connectivity index (χ0v) is 14.4. The van der Waals surface area contributed by atoms with Crippen LogP contribution in [-0.2, 0) is 14.3 Å². The fourth-order valence-electron chi connectivity index (χ4n) is 1.82. The Labute approximate surface area is 149 Å². The van der Waals surface area contributed by atoms with Gasteiger partial charge in [0.2, 0.25) is 0 Å². The molecule has 2 aromatic rings. The van der Waals surface area contributed by atoms with Crippen LogP contribution in [0, 0.1) is 0 Å². The minimum Gasteiger partial charge on any atom is -0.494 e. The topological polar surface area (TPSA) is 81.7 Å². The summed E-state index contributed by atoms with van der Waals surface area (Å²) in [7, 11) is 0. The number of carbonyl (C=O) groups is 3. The first kappa shape index (κ1) is 18.4. The fraction of sp³-hybridized carbons (Fsp3) is 0.167. The lowest BCUT2D eigenvalue weighted by atomic mass is 10.2. The molecule has 1 aromatic heterocycles. The Morgan fingerprint density at radius 1 is 1.16 bits per heavy atom. The second-order valence-electron chi connectivity index (χ2n) is 4.80. The number of hydrogen-bond acceptors (Lipinski definition) is 6. The van der Waals surface area contributed by atoms with Gasteiger partial charge >= 0.3 is 5.97 Å². The molecule has 1 aromatic carbocycles. The van der Waals surface area contributed by atoms with Gasteiger partial charge in [-0.1, -0.05) is 18.2 Å². The van der Waals surface area contributed by atoms with E-state index >= 15 is 0 Å². The van der Waals surface area contributed by atoms with E-state index in [-0.39, 0.29) is 0 Å². The van der Waals surface area contributed by atoms with Crippen molar-refractivity contribution in [3.63, 3.8) is 0 Å². The van der Waals surface area contributed by atoms with E-state index in [2.05, 4.69) is 5.32 Å². The highest BCUT2D eigenvalue weighted by molar-refractivity contribution is 7.12. The molecule has 1 N–H and O–H groups in total. The van der Waals surface area contributed by atoms with Crippen molar-refractivity contribution in [2.75, 3.05) is 13.2 Å². The maximum Gasteiger partial charge on any atom is 0.331 e. The lowest BCUT2D eigenvalue weighted by molar-refractivity contribution is -0.143. The van der Waals surface area contributed by atoms with Gasteiger partial charge in [-0.2, -0.15) is 0 Å². The van der Waals surface area contributed by atoms with E-state index in [0.29, 0.717) is 11.5 Å². The molecule has 0 saturated heterocycles. The van der Waals surface area contributed by atoms with Crippen LogP contribution in [-0.4, -0.2) is 31.0 Å². The number of nitrogens with one attached hydrogen (secondary N) is 1. The molecule has 0 aliphatic heterocycles. The first-order valence-corrected chi connectivity index (χ1v) is 8.42. The van der Waals surface area contributed by atoms with E-state index in [1.807, 2.05) is 6.92 Å². The number of benzene rings is 1. The third-order valence-corrected chi connectivity index (χ3v) is 3.82. The maximum atomic E-state index is 11.7. The summed E-state index contributed by atoms with van der Waals surface area (Å²) in [4.78, 5) is 35.3. The summed E-state index contributed by atoms with van der Waals surface area (Å²) in [5.41, 5.74) is 0.790. The SMILES string of the molecule is CCOc1ccc(/C=C/C(=O)OCC(=O)NC(=O)c2cccs2)cc1. The van der Waals surface area contributed by atoms with Gasteiger partial charge in [-0.05, 0) is 42.1 Å². The normalized spacial score (nSPS) is 10.4. The van der Waals surface area contributed by atoms with Gasteiger partial charge in [0.25, 0.3) is 11.8 Å². The molecule has 0 unspecified atom stereocenters. The molecule has 130 valence electrons. The molecule has 1 heterocycles. The summed E-state index contributed by atoms with van der Waals surface area (Å²) < 4.78 is 10.1. The highest BCUT2D eigenvalue weighted by Crippen LogP contribution is 2.13. The lowest BCUT2D eigenvalue weighted by Crippen LogP contribution is -2.33. The summed E-state index contributed by atoms with van der Waals surface area (Å²) in [6, 6.07) is 10.5. The van der Waals surface area contributed by atoms with Crippen LogP contribution in [0.5, 0.6) is 5.75 Å². The van der Waals surface area contributed by atoms with Crippen LogP contribution in [0.4, 0.5) is 0 Å². The number of hydrogen-bond donors (Lipinski definition) is 1. The summed E-state index contributed by atoms with van der Waals surface area (Å²) in [5, 5.41) is 3.87. The first-order valence-electron chi connectivity index (χ1n) is 7.54. The highest BCUT2D eigenvalue weighted by atomic mass is 32.1. The minimum atomic E-state index is -0.679. The molecule has 0 fully saturated rings. The van der Waals surface area contributed by atoms with E-state index in [1.165, 1.54) is 17.4 Å². The Morgan fingerprint density at radius 3 is 2.56 bits per heavy atom. The van der Waals surface area contributed by atoms with Crippen LogP contribution in [0.1, 0.15) is 22.2 Å². The van der Waals surface area contributed by atoms with Crippen molar-refractivity contribution in [2.24, 2.45) is 0 Å². The molecule has 0 aliphatic carbocycles. The Bertz CT molecular complexity index is 750. The third kappa shape index (κ3) is 6.23. The first-order chi connectivity index (χ1) is 12.1. The average Bonchev–Trinajstić information content (AvgIpc) is 3.14. The number of rotatable bonds is 7. The van der Waals surface area contributed by atoms with Gasteiger partial charge in [-0.15, -0.1) is 11.3 Å². The predicted molar refractivity (Wildman–Crippen MR) is 94.4 cm³/mol. The number of amides is 2. The number of esters is 1. The molecule has 0 saturated carbocycles. The number of thiophene rings is 1. The van der Waals surface area contributed by atoms with Crippen LogP contribution >= 0.6 is 11.3 Å². The van der Waals surface area contributed by atoms with Crippen molar-refractivity contribution in [3.05, 3.63) is 58.3 Å². The molecule has 0 aliphatic rings. The average molecular weight is 359 g/mol. The van der Waals surface area contributed by atoms with Crippen molar-refractivity contribution in [2.45, 2.75) is 6.92 Å². The molecule has 7 heteroatoms. The van der Waals surface area contributed by atoms with E-state index < -0.39 is 24.4 Å². The standard InChI is InChI=1S/C18H17NO5S/c1-2-23-14-8-5-13(6-9-14)7-10-17(21)24-12-16(20)19-18(22)15-4-3-11-25-15/h3-11H,2,12H2,1H3,(H,19,20,22)/b10-7+. The Morgan fingerprint density at radius 2 is 1.92 bits per heavy atom. The molecule has 0 radical (unpaired) electrons. The molecule has 0 spiro atoms.